The smallest absolute Gasteiger partial charge is 0.294 e. The maximum atomic E-state index is 11.7. The van der Waals surface area contributed by atoms with Crippen LogP contribution < -0.4 is 11.1 Å². The summed E-state index contributed by atoms with van der Waals surface area (Å²) in [4.78, 5) is 11.7. The van der Waals surface area contributed by atoms with E-state index in [-0.39, 0.29) is 5.76 Å². The second kappa shape index (κ2) is 4.47. The number of nitrogens with zero attached hydrogens (tertiary/aromatic N) is 1. The summed E-state index contributed by atoms with van der Waals surface area (Å²) in [6, 6.07) is 6.37. The fraction of sp³-hybridized carbons (Fsp3) is 0.0909. The van der Waals surface area contributed by atoms with Crippen LogP contribution in [0.15, 0.2) is 28.8 Å². The van der Waals surface area contributed by atoms with Gasteiger partial charge in [-0.3, -0.25) is 4.79 Å². The predicted octanol–water partition coefficient (Wildman–Crippen LogP) is 2.47. The van der Waals surface area contributed by atoms with Crippen LogP contribution in [-0.2, 0) is 0 Å². The highest BCUT2D eigenvalue weighted by Crippen LogP contribution is 2.24. The lowest BCUT2D eigenvalue weighted by Gasteiger charge is -2.05. The predicted molar refractivity (Wildman–Crippen MR) is 65.1 cm³/mol. The SMILES string of the molecule is Cc1cc(C(=O)Nc2ccc(N)cc2Cl)on1. The van der Waals surface area contributed by atoms with Crippen LogP contribution in [0.5, 0.6) is 0 Å². The number of carbonyl (C=O) groups excluding carboxylic acids is 1. The maximum absolute atomic E-state index is 11.7. The van der Waals surface area contributed by atoms with Crippen molar-refractivity contribution in [1.82, 2.24) is 5.16 Å². The second-order valence-corrected chi connectivity index (χ2v) is 3.93. The van der Waals surface area contributed by atoms with E-state index in [9.17, 15) is 4.79 Å². The number of hydrogen-bond donors (Lipinski definition) is 2. The van der Waals surface area contributed by atoms with Gasteiger partial charge in [0.25, 0.3) is 5.91 Å². The summed E-state index contributed by atoms with van der Waals surface area (Å²) in [5.74, 6) is -0.271. The molecule has 6 heteroatoms. The number of anilines is 2. The van der Waals surface area contributed by atoms with Gasteiger partial charge in [0.1, 0.15) is 0 Å². The molecule has 1 heterocycles. The normalized spacial score (nSPS) is 10.2. The van der Waals surface area contributed by atoms with E-state index < -0.39 is 5.91 Å². The van der Waals surface area contributed by atoms with Crippen molar-refractivity contribution in [3.63, 3.8) is 0 Å². The number of amides is 1. The summed E-state index contributed by atoms with van der Waals surface area (Å²) in [5, 5.41) is 6.60. The molecule has 1 aromatic carbocycles. The highest BCUT2D eigenvalue weighted by atomic mass is 35.5. The minimum absolute atomic E-state index is 0.135. The topological polar surface area (TPSA) is 81.2 Å². The number of rotatable bonds is 2. The van der Waals surface area contributed by atoms with E-state index in [4.69, 9.17) is 21.9 Å². The van der Waals surface area contributed by atoms with Gasteiger partial charge in [-0.25, -0.2) is 0 Å². The van der Waals surface area contributed by atoms with Crippen molar-refractivity contribution in [3.05, 3.63) is 40.7 Å². The Hall–Kier alpha value is -2.01. The standard InChI is InChI=1S/C11H10ClN3O2/c1-6-4-10(17-15-6)11(16)14-9-3-2-7(13)5-8(9)12/h2-5H,13H2,1H3,(H,14,16). The van der Waals surface area contributed by atoms with Gasteiger partial charge in [0.05, 0.1) is 16.4 Å². The molecular weight excluding hydrogens is 242 g/mol. The third-order valence-corrected chi connectivity index (χ3v) is 2.41. The molecule has 0 unspecified atom stereocenters. The monoisotopic (exact) mass is 251 g/mol. The van der Waals surface area contributed by atoms with E-state index in [1.165, 1.54) is 0 Å². The van der Waals surface area contributed by atoms with E-state index in [1.54, 1.807) is 31.2 Å². The molecule has 3 N–H and O–H groups in total. The molecule has 0 spiro atoms. The third kappa shape index (κ3) is 2.57. The Morgan fingerprint density at radius 3 is 2.82 bits per heavy atom. The average molecular weight is 252 g/mol. The molecule has 0 atom stereocenters. The van der Waals surface area contributed by atoms with Crippen molar-refractivity contribution in [2.75, 3.05) is 11.1 Å². The molecule has 0 aliphatic rings. The van der Waals surface area contributed by atoms with Crippen molar-refractivity contribution < 1.29 is 9.32 Å². The summed E-state index contributed by atoms with van der Waals surface area (Å²) >= 11 is 5.93. The number of nitrogen functional groups attached to an aromatic ring is 1. The molecule has 0 fully saturated rings. The van der Waals surface area contributed by atoms with Crippen LogP contribution in [0.1, 0.15) is 16.2 Å². The Morgan fingerprint density at radius 1 is 1.47 bits per heavy atom. The van der Waals surface area contributed by atoms with E-state index in [0.29, 0.717) is 22.1 Å². The molecular formula is C11H10ClN3O2. The van der Waals surface area contributed by atoms with Gasteiger partial charge in [-0.15, -0.1) is 0 Å². The average Bonchev–Trinajstić information content (AvgIpc) is 2.69. The first-order valence-corrected chi connectivity index (χ1v) is 5.24. The number of hydrogen-bond acceptors (Lipinski definition) is 4. The zero-order valence-corrected chi connectivity index (χ0v) is 9.78. The van der Waals surface area contributed by atoms with Crippen LogP contribution in [0.4, 0.5) is 11.4 Å². The van der Waals surface area contributed by atoms with Crippen LogP contribution in [0.3, 0.4) is 0 Å². The molecule has 0 saturated heterocycles. The van der Waals surface area contributed by atoms with Crippen molar-refractivity contribution in [2.24, 2.45) is 0 Å². The van der Waals surface area contributed by atoms with Gasteiger partial charge in [0, 0.05) is 11.8 Å². The Morgan fingerprint density at radius 2 is 2.24 bits per heavy atom. The summed E-state index contributed by atoms with van der Waals surface area (Å²) < 4.78 is 4.83. The summed E-state index contributed by atoms with van der Waals surface area (Å²) in [6.45, 7) is 1.73. The minimum atomic E-state index is -0.405. The highest BCUT2D eigenvalue weighted by molar-refractivity contribution is 6.34. The van der Waals surface area contributed by atoms with Gasteiger partial charge in [-0.05, 0) is 25.1 Å². The molecule has 0 bridgehead atoms. The van der Waals surface area contributed by atoms with Crippen LogP contribution in [-0.4, -0.2) is 11.1 Å². The van der Waals surface area contributed by atoms with Crippen LogP contribution >= 0.6 is 11.6 Å². The van der Waals surface area contributed by atoms with Crippen molar-refractivity contribution in [2.45, 2.75) is 6.92 Å². The molecule has 1 aromatic heterocycles. The Balaban J connectivity index is 2.18. The molecule has 1 amide bonds. The lowest BCUT2D eigenvalue weighted by molar-refractivity contribution is 0.0988. The number of nitrogens with two attached hydrogens (primary N) is 1. The third-order valence-electron chi connectivity index (χ3n) is 2.09. The number of aryl methyl sites for hydroxylation is 1. The van der Waals surface area contributed by atoms with Gasteiger partial charge < -0.3 is 15.6 Å². The molecule has 2 aromatic rings. The largest absolute Gasteiger partial charge is 0.399 e. The number of halogens is 1. The molecule has 2 rings (SSSR count). The lowest BCUT2D eigenvalue weighted by atomic mass is 10.2. The van der Waals surface area contributed by atoms with Crippen LogP contribution in [0.2, 0.25) is 5.02 Å². The van der Waals surface area contributed by atoms with Crippen molar-refractivity contribution >= 4 is 28.9 Å². The van der Waals surface area contributed by atoms with Crippen LogP contribution in [0.25, 0.3) is 0 Å². The first kappa shape index (κ1) is 11.5. The molecule has 0 aliphatic carbocycles. The zero-order valence-electron chi connectivity index (χ0n) is 9.03. The summed E-state index contributed by atoms with van der Waals surface area (Å²) in [5.41, 5.74) is 7.19. The highest BCUT2D eigenvalue weighted by Gasteiger charge is 2.13. The fourth-order valence-electron chi connectivity index (χ4n) is 1.29. The number of carbonyl (C=O) groups is 1. The summed E-state index contributed by atoms with van der Waals surface area (Å²) in [6.07, 6.45) is 0. The zero-order chi connectivity index (χ0) is 12.4. The van der Waals surface area contributed by atoms with E-state index in [2.05, 4.69) is 10.5 Å². The minimum Gasteiger partial charge on any atom is -0.399 e. The molecule has 88 valence electrons. The quantitative estimate of drug-likeness (QED) is 0.804. The van der Waals surface area contributed by atoms with Gasteiger partial charge in [0.15, 0.2) is 0 Å². The second-order valence-electron chi connectivity index (χ2n) is 3.53. The Kier molecular flexibility index (Phi) is 3.01. The number of aromatic nitrogens is 1. The maximum Gasteiger partial charge on any atom is 0.294 e. The molecule has 5 nitrogen and oxygen atoms in total. The summed E-state index contributed by atoms with van der Waals surface area (Å²) in [7, 11) is 0. The Bertz CT molecular complexity index is 566. The van der Waals surface area contributed by atoms with Gasteiger partial charge in [0.2, 0.25) is 5.76 Å². The number of benzene rings is 1. The van der Waals surface area contributed by atoms with Gasteiger partial charge in [-0.1, -0.05) is 16.8 Å². The Labute approximate surface area is 103 Å². The van der Waals surface area contributed by atoms with E-state index >= 15 is 0 Å². The molecule has 0 saturated carbocycles. The van der Waals surface area contributed by atoms with E-state index in [0.717, 1.165) is 0 Å². The lowest BCUT2D eigenvalue weighted by Crippen LogP contribution is -2.11. The van der Waals surface area contributed by atoms with Crippen molar-refractivity contribution in [1.29, 1.82) is 0 Å². The first-order valence-electron chi connectivity index (χ1n) is 4.86. The first-order chi connectivity index (χ1) is 8.06. The molecule has 0 aliphatic heterocycles. The number of nitrogens with one attached hydrogen (secondary N) is 1. The van der Waals surface area contributed by atoms with E-state index in [1.807, 2.05) is 0 Å². The van der Waals surface area contributed by atoms with Crippen LogP contribution in [0, 0.1) is 6.92 Å². The molecule has 0 radical (unpaired) electrons. The van der Waals surface area contributed by atoms with Gasteiger partial charge >= 0.3 is 0 Å². The van der Waals surface area contributed by atoms with Crippen molar-refractivity contribution in [3.8, 4) is 0 Å². The fourth-order valence-corrected chi connectivity index (χ4v) is 1.52. The van der Waals surface area contributed by atoms with Gasteiger partial charge in [-0.2, -0.15) is 0 Å². The molecule has 17 heavy (non-hydrogen) atoms.